The molecule has 2 nitrogen and oxygen atoms in total. The van der Waals surface area contributed by atoms with E-state index in [0.717, 1.165) is 31.5 Å². The SMILES string of the molecule is CC1=C/C(=C/CC2OCCO2)CC(CC(C)C)C1. The van der Waals surface area contributed by atoms with Crippen LogP contribution in [0.2, 0.25) is 0 Å². The predicted octanol–water partition coefficient (Wildman–Crippen LogP) is 4.08. The summed E-state index contributed by atoms with van der Waals surface area (Å²) in [4.78, 5) is 0. The highest BCUT2D eigenvalue weighted by atomic mass is 16.7. The third kappa shape index (κ3) is 4.25. The van der Waals surface area contributed by atoms with Crippen LogP contribution < -0.4 is 0 Å². The zero-order valence-corrected chi connectivity index (χ0v) is 11.9. The molecular formula is C16H26O2. The molecule has 1 saturated heterocycles. The van der Waals surface area contributed by atoms with Crippen LogP contribution in [0.3, 0.4) is 0 Å². The second-order valence-corrected chi connectivity index (χ2v) is 6.08. The van der Waals surface area contributed by atoms with Crippen LogP contribution >= 0.6 is 0 Å². The van der Waals surface area contributed by atoms with Gasteiger partial charge in [-0.3, -0.25) is 0 Å². The Hall–Kier alpha value is -0.600. The lowest BCUT2D eigenvalue weighted by Crippen LogP contribution is -2.11. The molecule has 102 valence electrons. The summed E-state index contributed by atoms with van der Waals surface area (Å²) in [5.41, 5.74) is 3.00. The molecule has 1 fully saturated rings. The van der Waals surface area contributed by atoms with Crippen LogP contribution in [0.25, 0.3) is 0 Å². The molecule has 0 N–H and O–H groups in total. The van der Waals surface area contributed by atoms with Crippen LogP contribution in [0.4, 0.5) is 0 Å². The van der Waals surface area contributed by atoms with Crippen LogP contribution in [0.15, 0.2) is 23.3 Å². The molecule has 0 aromatic rings. The minimum atomic E-state index is -0.00307. The maximum atomic E-state index is 5.47. The van der Waals surface area contributed by atoms with Crippen molar-refractivity contribution in [1.82, 2.24) is 0 Å². The van der Waals surface area contributed by atoms with Crippen molar-refractivity contribution < 1.29 is 9.47 Å². The molecule has 1 heterocycles. The second-order valence-electron chi connectivity index (χ2n) is 6.08. The van der Waals surface area contributed by atoms with Crippen molar-refractivity contribution >= 4 is 0 Å². The van der Waals surface area contributed by atoms with Crippen molar-refractivity contribution in [1.29, 1.82) is 0 Å². The Balaban J connectivity index is 1.90. The Morgan fingerprint density at radius 3 is 2.67 bits per heavy atom. The van der Waals surface area contributed by atoms with Gasteiger partial charge in [0, 0.05) is 6.42 Å². The topological polar surface area (TPSA) is 18.5 Å². The maximum Gasteiger partial charge on any atom is 0.161 e. The Morgan fingerprint density at radius 1 is 1.28 bits per heavy atom. The van der Waals surface area contributed by atoms with Gasteiger partial charge < -0.3 is 9.47 Å². The van der Waals surface area contributed by atoms with Gasteiger partial charge in [0.05, 0.1) is 13.2 Å². The summed E-state index contributed by atoms with van der Waals surface area (Å²) < 4.78 is 10.9. The molecule has 0 aromatic heterocycles. The highest BCUT2D eigenvalue weighted by Crippen LogP contribution is 2.32. The predicted molar refractivity (Wildman–Crippen MR) is 74.3 cm³/mol. The number of rotatable bonds is 4. The smallest absolute Gasteiger partial charge is 0.161 e. The maximum absolute atomic E-state index is 5.47. The summed E-state index contributed by atoms with van der Waals surface area (Å²) in [5, 5.41) is 0. The first-order valence-corrected chi connectivity index (χ1v) is 7.23. The average Bonchev–Trinajstić information content (AvgIpc) is 2.77. The Kier molecular flexibility index (Phi) is 5.02. The molecule has 0 saturated carbocycles. The molecule has 1 aliphatic heterocycles. The number of hydrogen-bond donors (Lipinski definition) is 0. The molecule has 2 rings (SSSR count). The average molecular weight is 250 g/mol. The van der Waals surface area contributed by atoms with Gasteiger partial charge in [-0.1, -0.05) is 37.1 Å². The molecule has 2 aliphatic rings. The van der Waals surface area contributed by atoms with E-state index in [0.29, 0.717) is 0 Å². The monoisotopic (exact) mass is 250 g/mol. The molecule has 0 bridgehead atoms. The molecule has 18 heavy (non-hydrogen) atoms. The van der Waals surface area contributed by atoms with Crippen LogP contribution in [0.5, 0.6) is 0 Å². The van der Waals surface area contributed by atoms with Crippen molar-refractivity contribution in [2.45, 2.75) is 52.7 Å². The number of allylic oxidation sites excluding steroid dienone is 3. The van der Waals surface area contributed by atoms with Gasteiger partial charge in [-0.15, -0.1) is 0 Å². The lowest BCUT2D eigenvalue weighted by molar-refractivity contribution is -0.0381. The fourth-order valence-corrected chi connectivity index (χ4v) is 3.06. The van der Waals surface area contributed by atoms with E-state index in [1.54, 1.807) is 0 Å². The Morgan fingerprint density at radius 2 is 2.00 bits per heavy atom. The standard InChI is InChI=1S/C16H26O2/c1-12(2)8-15-10-13(3)9-14(11-15)4-5-16-17-6-7-18-16/h4,9,12,15-16H,5-8,10-11H2,1-3H3/b14-4-. The number of ether oxygens (including phenoxy) is 2. The largest absolute Gasteiger partial charge is 0.350 e. The molecule has 0 radical (unpaired) electrons. The first kappa shape index (κ1) is 13.8. The lowest BCUT2D eigenvalue weighted by Gasteiger charge is -2.25. The zero-order chi connectivity index (χ0) is 13.0. The third-order valence-corrected chi connectivity index (χ3v) is 3.63. The van der Waals surface area contributed by atoms with Crippen molar-refractivity contribution in [3.8, 4) is 0 Å². The van der Waals surface area contributed by atoms with E-state index in [1.807, 2.05) is 0 Å². The minimum Gasteiger partial charge on any atom is -0.350 e. The van der Waals surface area contributed by atoms with E-state index in [9.17, 15) is 0 Å². The number of hydrogen-bond acceptors (Lipinski definition) is 2. The summed E-state index contributed by atoms with van der Waals surface area (Å²) >= 11 is 0. The van der Waals surface area contributed by atoms with Crippen molar-refractivity contribution in [3.05, 3.63) is 23.3 Å². The van der Waals surface area contributed by atoms with Crippen LogP contribution in [-0.4, -0.2) is 19.5 Å². The Bertz CT molecular complexity index is 322. The van der Waals surface area contributed by atoms with Crippen LogP contribution in [0.1, 0.15) is 46.5 Å². The fraction of sp³-hybridized carbons (Fsp3) is 0.750. The van der Waals surface area contributed by atoms with Gasteiger partial charge in [-0.05, 0) is 38.0 Å². The van der Waals surface area contributed by atoms with E-state index in [-0.39, 0.29) is 6.29 Å². The highest BCUT2D eigenvalue weighted by molar-refractivity contribution is 5.27. The van der Waals surface area contributed by atoms with Gasteiger partial charge in [-0.2, -0.15) is 0 Å². The summed E-state index contributed by atoms with van der Waals surface area (Å²) in [6.45, 7) is 8.38. The fourth-order valence-electron chi connectivity index (χ4n) is 3.06. The third-order valence-electron chi connectivity index (χ3n) is 3.63. The van der Waals surface area contributed by atoms with Crippen LogP contribution in [0, 0.1) is 11.8 Å². The molecule has 0 spiro atoms. The molecule has 0 amide bonds. The molecule has 0 aromatic carbocycles. The van der Waals surface area contributed by atoms with E-state index in [4.69, 9.17) is 9.47 Å². The van der Waals surface area contributed by atoms with E-state index in [1.165, 1.54) is 30.4 Å². The molecule has 1 aliphatic carbocycles. The Labute approximate surface area is 111 Å². The summed E-state index contributed by atoms with van der Waals surface area (Å²) in [6.07, 6.45) is 9.38. The summed E-state index contributed by atoms with van der Waals surface area (Å²) in [5.74, 6) is 1.62. The summed E-state index contributed by atoms with van der Waals surface area (Å²) in [6, 6.07) is 0. The first-order chi connectivity index (χ1) is 8.63. The highest BCUT2D eigenvalue weighted by Gasteiger charge is 2.19. The van der Waals surface area contributed by atoms with Crippen molar-refractivity contribution in [2.75, 3.05) is 13.2 Å². The first-order valence-electron chi connectivity index (χ1n) is 7.23. The summed E-state index contributed by atoms with van der Waals surface area (Å²) in [7, 11) is 0. The van der Waals surface area contributed by atoms with Crippen LogP contribution in [-0.2, 0) is 9.47 Å². The molecule has 1 unspecified atom stereocenters. The lowest BCUT2D eigenvalue weighted by atomic mass is 9.81. The van der Waals surface area contributed by atoms with Gasteiger partial charge >= 0.3 is 0 Å². The van der Waals surface area contributed by atoms with Crippen molar-refractivity contribution in [2.24, 2.45) is 11.8 Å². The molecule has 1 atom stereocenters. The van der Waals surface area contributed by atoms with E-state index < -0.39 is 0 Å². The van der Waals surface area contributed by atoms with Gasteiger partial charge in [0.25, 0.3) is 0 Å². The van der Waals surface area contributed by atoms with Gasteiger partial charge in [-0.25, -0.2) is 0 Å². The minimum absolute atomic E-state index is 0.00307. The molecule has 2 heteroatoms. The normalized spacial score (nSPS) is 28.1. The molecular weight excluding hydrogens is 224 g/mol. The zero-order valence-electron chi connectivity index (χ0n) is 11.9. The second kappa shape index (κ2) is 6.53. The van der Waals surface area contributed by atoms with E-state index >= 15 is 0 Å². The van der Waals surface area contributed by atoms with Gasteiger partial charge in [0.1, 0.15) is 0 Å². The van der Waals surface area contributed by atoms with Gasteiger partial charge in [0.15, 0.2) is 6.29 Å². The van der Waals surface area contributed by atoms with Gasteiger partial charge in [0.2, 0.25) is 0 Å². The van der Waals surface area contributed by atoms with E-state index in [2.05, 4.69) is 32.9 Å². The van der Waals surface area contributed by atoms with Crippen molar-refractivity contribution in [3.63, 3.8) is 0 Å². The quantitative estimate of drug-likeness (QED) is 0.748.